The molecule has 3 N–H and O–H groups in total. The van der Waals surface area contributed by atoms with Crippen LogP contribution < -0.4 is 20.8 Å². The smallest absolute Gasteiger partial charge is 0.329 e. The average molecular weight is 448 g/mol. The Morgan fingerprint density at radius 3 is 2.48 bits per heavy atom. The molecule has 0 saturated heterocycles. The molecule has 168 valence electrons. The van der Waals surface area contributed by atoms with Gasteiger partial charge in [0.05, 0.1) is 11.9 Å². The molecule has 3 rings (SSSR count). The normalized spacial score (nSPS) is 10.5. The van der Waals surface area contributed by atoms with Gasteiger partial charge in [0.1, 0.15) is 11.6 Å². The molecule has 0 aliphatic heterocycles. The zero-order valence-electron chi connectivity index (χ0n) is 17.7. The van der Waals surface area contributed by atoms with Crippen molar-refractivity contribution < 1.29 is 23.5 Å². The van der Waals surface area contributed by atoms with Gasteiger partial charge in [-0.25, -0.2) is 9.82 Å². The lowest BCUT2D eigenvalue weighted by atomic mass is 10.2. The number of nitrogens with zero attached hydrogens (tertiary/aromatic N) is 1. The average Bonchev–Trinajstić information content (AvgIpc) is 2.80. The van der Waals surface area contributed by atoms with E-state index in [1.807, 2.05) is 25.1 Å². The van der Waals surface area contributed by atoms with Crippen LogP contribution in [0.3, 0.4) is 0 Å². The van der Waals surface area contributed by atoms with Crippen LogP contribution in [0.25, 0.3) is 0 Å². The lowest BCUT2D eigenvalue weighted by Gasteiger charge is -2.10. The second-order valence-corrected chi connectivity index (χ2v) is 6.88. The summed E-state index contributed by atoms with van der Waals surface area (Å²) < 4.78 is 19.1. The quantitative estimate of drug-likeness (QED) is 0.293. The molecule has 0 bridgehead atoms. The molecule has 33 heavy (non-hydrogen) atoms. The van der Waals surface area contributed by atoms with Crippen LogP contribution >= 0.6 is 0 Å². The molecule has 0 fully saturated rings. The number of anilines is 2. The number of hydrogen-bond donors (Lipinski definition) is 3. The van der Waals surface area contributed by atoms with Gasteiger partial charge in [-0.1, -0.05) is 36.4 Å². The number of nitrogens with one attached hydrogen (secondary N) is 3. The summed E-state index contributed by atoms with van der Waals surface area (Å²) in [5, 5.41) is 8.63. The Balaban J connectivity index is 1.54. The van der Waals surface area contributed by atoms with E-state index in [-0.39, 0.29) is 18.2 Å². The van der Waals surface area contributed by atoms with Crippen LogP contribution in [-0.2, 0) is 14.4 Å². The second-order valence-electron chi connectivity index (χ2n) is 6.88. The van der Waals surface area contributed by atoms with Crippen LogP contribution in [0.5, 0.6) is 5.75 Å². The van der Waals surface area contributed by atoms with E-state index in [0.717, 1.165) is 11.6 Å². The van der Waals surface area contributed by atoms with Crippen LogP contribution in [0.2, 0.25) is 0 Å². The Morgan fingerprint density at radius 1 is 0.939 bits per heavy atom. The van der Waals surface area contributed by atoms with Crippen LogP contribution in [0, 0.1) is 12.7 Å². The minimum atomic E-state index is -1.08. The number of amides is 3. The topological polar surface area (TPSA) is 109 Å². The van der Waals surface area contributed by atoms with Gasteiger partial charge in [0, 0.05) is 11.3 Å². The Morgan fingerprint density at radius 2 is 1.70 bits per heavy atom. The predicted molar refractivity (Wildman–Crippen MR) is 123 cm³/mol. The summed E-state index contributed by atoms with van der Waals surface area (Å²) in [7, 11) is 0. The zero-order chi connectivity index (χ0) is 23.6. The number of aryl methyl sites for hydroxylation is 1. The molecule has 0 radical (unpaired) electrons. The van der Waals surface area contributed by atoms with Crippen molar-refractivity contribution in [3.8, 4) is 5.75 Å². The molecule has 0 saturated carbocycles. The monoisotopic (exact) mass is 448 g/mol. The molecule has 0 aromatic heterocycles. The highest BCUT2D eigenvalue weighted by Gasteiger charge is 2.14. The number of ether oxygens (including phenoxy) is 1. The molecular formula is C24H21FN4O4. The van der Waals surface area contributed by atoms with Crippen LogP contribution in [0.15, 0.2) is 77.9 Å². The number of carbonyl (C=O) groups excluding carboxylic acids is 3. The number of rotatable bonds is 7. The van der Waals surface area contributed by atoms with Crippen LogP contribution in [0.4, 0.5) is 15.8 Å². The number of hydrogen-bond acceptors (Lipinski definition) is 5. The van der Waals surface area contributed by atoms with Crippen molar-refractivity contribution in [3.05, 3.63) is 89.7 Å². The van der Waals surface area contributed by atoms with E-state index in [1.54, 1.807) is 30.3 Å². The summed E-state index contributed by atoms with van der Waals surface area (Å²) in [6.45, 7) is 1.68. The fourth-order valence-corrected chi connectivity index (χ4v) is 2.73. The highest BCUT2D eigenvalue weighted by Crippen LogP contribution is 2.16. The molecular weight excluding hydrogens is 427 g/mol. The van der Waals surface area contributed by atoms with E-state index in [2.05, 4.69) is 21.2 Å². The van der Waals surface area contributed by atoms with E-state index < -0.39 is 17.6 Å². The van der Waals surface area contributed by atoms with Crippen molar-refractivity contribution >= 4 is 35.3 Å². The molecule has 9 heteroatoms. The van der Waals surface area contributed by atoms with Gasteiger partial charge >= 0.3 is 11.8 Å². The standard InChI is InChI=1S/C24H21FN4O4/c1-16-7-6-9-18(13-16)27-22(30)15-33-21-12-5-2-8-17(21)14-26-29-24(32)23(31)28-20-11-4-3-10-19(20)25/h2-14H,15H2,1H3,(H,27,30)(H,28,31)(H,29,32)/b26-14-. The molecule has 0 unspecified atom stereocenters. The van der Waals surface area contributed by atoms with Crippen LogP contribution in [-0.4, -0.2) is 30.5 Å². The van der Waals surface area contributed by atoms with Gasteiger partial charge in [0.2, 0.25) is 0 Å². The summed E-state index contributed by atoms with van der Waals surface area (Å²) in [4.78, 5) is 36.0. The Labute approximate surface area is 189 Å². The van der Waals surface area contributed by atoms with E-state index in [0.29, 0.717) is 17.0 Å². The van der Waals surface area contributed by atoms with Gasteiger partial charge in [-0.15, -0.1) is 0 Å². The van der Waals surface area contributed by atoms with Gasteiger partial charge in [-0.3, -0.25) is 14.4 Å². The maximum absolute atomic E-state index is 13.6. The summed E-state index contributed by atoms with van der Waals surface area (Å²) in [6, 6.07) is 19.5. The van der Waals surface area contributed by atoms with Gasteiger partial charge < -0.3 is 15.4 Å². The minimum Gasteiger partial charge on any atom is -0.483 e. The van der Waals surface area contributed by atoms with E-state index in [1.165, 1.54) is 24.4 Å². The minimum absolute atomic E-state index is 0.121. The molecule has 3 aromatic carbocycles. The number of carbonyl (C=O) groups is 3. The van der Waals surface area contributed by atoms with Crippen molar-refractivity contribution in [1.29, 1.82) is 0 Å². The van der Waals surface area contributed by atoms with Crippen molar-refractivity contribution in [2.45, 2.75) is 6.92 Å². The molecule has 3 amide bonds. The maximum atomic E-state index is 13.6. The summed E-state index contributed by atoms with van der Waals surface area (Å²) in [6.07, 6.45) is 1.27. The van der Waals surface area contributed by atoms with Gasteiger partial charge in [-0.05, 0) is 48.9 Å². The van der Waals surface area contributed by atoms with Crippen molar-refractivity contribution in [2.75, 3.05) is 17.2 Å². The van der Waals surface area contributed by atoms with E-state index >= 15 is 0 Å². The highest BCUT2D eigenvalue weighted by molar-refractivity contribution is 6.39. The van der Waals surface area contributed by atoms with E-state index in [9.17, 15) is 18.8 Å². The number of halogens is 1. The molecule has 0 spiro atoms. The summed E-state index contributed by atoms with van der Waals surface area (Å²) in [5.41, 5.74) is 4.08. The molecule has 0 atom stereocenters. The Bertz CT molecular complexity index is 1200. The zero-order valence-corrected chi connectivity index (χ0v) is 17.7. The predicted octanol–water partition coefficient (Wildman–Crippen LogP) is 3.24. The first kappa shape index (κ1) is 23.1. The number of benzene rings is 3. The maximum Gasteiger partial charge on any atom is 0.329 e. The summed E-state index contributed by atoms with van der Waals surface area (Å²) >= 11 is 0. The molecule has 0 heterocycles. The van der Waals surface area contributed by atoms with E-state index in [4.69, 9.17) is 4.74 Å². The van der Waals surface area contributed by atoms with Gasteiger partial charge in [0.25, 0.3) is 5.91 Å². The highest BCUT2D eigenvalue weighted by atomic mass is 19.1. The van der Waals surface area contributed by atoms with Gasteiger partial charge in [-0.2, -0.15) is 5.10 Å². The molecule has 0 aliphatic carbocycles. The van der Waals surface area contributed by atoms with Crippen molar-refractivity contribution in [1.82, 2.24) is 5.43 Å². The third kappa shape index (κ3) is 7.00. The molecule has 3 aromatic rings. The first-order chi connectivity index (χ1) is 15.9. The molecule has 8 nitrogen and oxygen atoms in total. The first-order valence-corrected chi connectivity index (χ1v) is 9.89. The fourth-order valence-electron chi connectivity index (χ4n) is 2.73. The lowest BCUT2D eigenvalue weighted by molar-refractivity contribution is -0.136. The Hall–Kier alpha value is -4.53. The van der Waals surface area contributed by atoms with Crippen molar-refractivity contribution in [2.24, 2.45) is 5.10 Å². The third-order valence-electron chi connectivity index (χ3n) is 4.28. The van der Waals surface area contributed by atoms with Gasteiger partial charge in [0.15, 0.2) is 6.61 Å². The van der Waals surface area contributed by atoms with Crippen LogP contribution in [0.1, 0.15) is 11.1 Å². The first-order valence-electron chi connectivity index (χ1n) is 9.89. The Kier molecular flexibility index (Phi) is 7.85. The van der Waals surface area contributed by atoms with Crippen molar-refractivity contribution in [3.63, 3.8) is 0 Å². The number of para-hydroxylation sites is 2. The largest absolute Gasteiger partial charge is 0.483 e. The fraction of sp³-hybridized carbons (Fsp3) is 0.0833. The molecule has 0 aliphatic rings. The summed E-state index contributed by atoms with van der Waals surface area (Å²) in [5.74, 6) is -2.81. The lowest BCUT2D eigenvalue weighted by Crippen LogP contribution is -2.32. The third-order valence-corrected chi connectivity index (χ3v) is 4.28. The second kappa shape index (κ2) is 11.2. The SMILES string of the molecule is Cc1cccc(NC(=O)COc2ccccc2/C=N\NC(=O)C(=O)Nc2ccccc2F)c1. The number of hydrazone groups is 1.